The van der Waals surface area contributed by atoms with Crippen molar-refractivity contribution in [1.82, 2.24) is 4.90 Å². The predicted molar refractivity (Wildman–Crippen MR) is 123 cm³/mol. The highest BCUT2D eigenvalue weighted by molar-refractivity contribution is 5.98. The Morgan fingerprint density at radius 1 is 0.941 bits per heavy atom. The van der Waals surface area contributed by atoms with Crippen LogP contribution in [-0.2, 0) is 37.1 Å². The number of hydrogen-bond donors (Lipinski definition) is 1. The van der Waals surface area contributed by atoms with E-state index in [0.29, 0.717) is 11.1 Å². The van der Waals surface area contributed by atoms with Crippen molar-refractivity contribution in [2.75, 3.05) is 6.54 Å². The van der Waals surface area contributed by atoms with Gasteiger partial charge in [-0.1, -0.05) is 81.4 Å². The predicted octanol–water partition coefficient (Wildman–Crippen LogP) is 3.83. The second-order valence-corrected chi connectivity index (χ2v) is 9.41. The first-order valence-electron chi connectivity index (χ1n) is 11.0. The van der Waals surface area contributed by atoms with Gasteiger partial charge in [-0.3, -0.25) is 14.5 Å². The zero-order valence-corrected chi connectivity index (χ0v) is 19.5. The van der Waals surface area contributed by atoms with Crippen molar-refractivity contribution in [3.05, 3.63) is 71.8 Å². The molecule has 0 saturated carbocycles. The lowest BCUT2D eigenvalue weighted by molar-refractivity contribution is -0.184. The average Bonchev–Trinajstić information content (AvgIpc) is 2.80. The maximum absolute atomic E-state index is 13.4. The molecule has 0 aromatic heterocycles. The normalized spacial score (nSPS) is 20.5. The number of ketones is 1. The number of carbonyl (C=O) groups is 4. The van der Waals surface area contributed by atoms with Crippen LogP contribution >= 0.6 is 0 Å². The minimum absolute atomic E-state index is 0.0915. The van der Waals surface area contributed by atoms with Crippen molar-refractivity contribution in [3.8, 4) is 0 Å². The number of carbonyl (C=O) groups excluding carboxylic acids is 3. The van der Waals surface area contributed by atoms with Gasteiger partial charge in [0.15, 0.2) is 11.8 Å². The molecule has 0 spiro atoms. The molecule has 1 N–H and O–H groups in total. The molecule has 0 bridgehead atoms. The second-order valence-electron chi connectivity index (χ2n) is 9.41. The Morgan fingerprint density at radius 2 is 1.44 bits per heavy atom. The van der Waals surface area contributed by atoms with E-state index in [0.717, 1.165) is 4.90 Å². The van der Waals surface area contributed by atoms with Gasteiger partial charge in [0.25, 0.3) is 0 Å². The summed E-state index contributed by atoms with van der Waals surface area (Å²) in [7, 11) is 0. The van der Waals surface area contributed by atoms with Crippen molar-refractivity contribution in [3.63, 3.8) is 0 Å². The van der Waals surface area contributed by atoms with E-state index in [4.69, 9.17) is 9.47 Å². The van der Waals surface area contributed by atoms with Crippen molar-refractivity contribution in [1.29, 1.82) is 0 Å². The molecule has 3 rings (SSSR count). The van der Waals surface area contributed by atoms with Gasteiger partial charge in [0.05, 0.1) is 6.54 Å². The summed E-state index contributed by atoms with van der Waals surface area (Å²) in [5.41, 5.74) is -1.55. The molecule has 1 amide bonds. The van der Waals surface area contributed by atoms with Gasteiger partial charge in [-0.2, -0.15) is 0 Å². The van der Waals surface area contributed by atoms with E-state index in [9.17, 15) is 24.3 Å². The van der Waals surface area contributed by atoms with E-state index in [1.165, 1.54) is 0 Å². The maximum atomic E-state index is 13.4. The SMILES string of the molecule is CC(C)(C)[C@@]1(C(=O)O)CC(=O)CN(C(=O)OCc2ccccc2)[C@@H]1C(=O)OCc1ccccc1. The Labute approximate surface area is 198 Å². The van der Waals surface area contributed by atoms with Crippen LogP contribution in [0, 0.1) is 10.8 Å². The highest BCUT2D eigenvalue weighted by atomic mass is 16.6. The smallest absolute Gasteiger partial charge is 0.411 e. The molecular formula is C26H29NO7. The van der Waals surface area contributed by atoms with E-state index in [1.807, 2.05) is 12.1 Å². The number of benzene rings is 2. The van der Waals surface area contributed by atoms with Crippen molar-refractivity contribution in [2.45, 2.75) is 46.4 Å². The highest BCUT2D eigenvalue weighted by Gasteiger charge is 2.64. The topological polar surface area (TPSA) is 110 Å². The van der Waals surface area contributed by atoms with Gasteiger partial charge in [-0.05, 0) is 16.5 Å². The summed E-state index contributed by atoms with van der Waals surface area (Å²) in [5, 5.41) is 10.3. The molecule has 34 heavy (non-hydrogen) atoms. The molecule has 1 heterocycles. The summed E-state index contributed by atoms with van der Waals surface area (Å²) in [6, 6.07) is 16.3. The van der Waals surface area contributed by atoms with Crippen molar-refractivity contribution in [2.24, 2.45) is 10.8 Å². The molecule has 0 aliphatic carbocycles. The Kier molecular flexibility index (Phi) is 7.39. The van der Waals surface area contributed by atoms with Crippen LogP contribution in [0.4, 0.5) is 4.79 Å². The fourth-order valence-electron chi connectivity index (χ4n) is 4.31. The van der Waals surface area contributed by atoms with Gasteiger partial charge < -0.3 is 14.6 Å². The van der Waals surface area contributed by atoms with E-state index < -0.39 is 53.7 Å². The Morgan fingerprint density at radius 3 is 1.91 bits per heavy atom. The number of piperidine rings is 1. The molecule has 2 aromatic rings. The Balaban J connectivity index is 1.95. The average molecular weight is 468 g/mol. The van der Waals surface area contributed by atoms with Crippen LogP contribution in [0.25, 0.3) is 0 Å². The Hall–Kier alpha value is -3.68. The standard InChI is InChI=1S/C26H29NO7/c1-25(2,3)26(23(30)31)14-20(28)15-27(24(32)34-17-19-12-8-5-9-13-19)21(26)22(29)33-16-18-10-6-4-7-11-18/h4-13,21H,14-17H2,1-3H3,(H,30,31)/t21-,26+/m1/s1. The van der Waals surface area contributed by atoms with E-state index >= 15 is 0 Å². The molecule has 1 aliphatic rings. The number of esters is 1. The molecule has 1 saturated heterocycles. The number of aliphatic carboxylic acids is 1. The molecule has 8 nitrogen and oxygen atoms in total. The monoisotopic (exact) mass is 467 g/mol. The zero-order chi connectivity index (χ0) is 24.9. The third-order valence-electron chi connectivity index (χ3n) is 6.21. The molecule has 0 radical (unpaired) electrons. The van der Waals surface area contributed by atoms with Crippen LogP contribution in [0.1, 0.15) is 38.3 Å². The largest absolute Gasteiger partial charge is 0.481 e. The number of nitrogens with zero attached hydrogens (tertiary/aromatic N) is 1. The quantitative estimate of drug-likeness (QED) is 0.643. The highest BCUT2D eigenvalue weighted by Crippen LogP contribution is 2.49. The number of carboxylic acid groups (broad SMARTS) is 1. The number of Topliss-reactive ketones (excluding diaryl/α,β-unsaturated/α-hetero) is 1. The van der Waals surface area contributed by atoms with Gasteiger partial charge >= 0.3 is 18.0 Å². The number of ether oxygens (including phenoxy) is 2. The van der Waals surface area contributed by atoms with Gasteiger partial charge in [0.2, 0.25) is 0 Å². The summed E-state index contributed by atoms with van der Waals surface area (Å²) < 4.78 is 10.9. The van der Waals surface area contributed by atoms with Crippen molar-refractivity contribution >= 4 is 23.8 Å². The molecule has 1 aliphatic heterocycles. The second kappa shape index (κ2) is 10.1. The number of rotatable bonds is 6. The van der Waals surface area contributed by atoms with Crippen molar-refractivity contribution < 1.29 is 33.8 Å². The summed E-state index contributed by atoms with van der Waals surface area (Å²) in [5.74, 6) is -2.72. The summed E-state index contributed by atoms with van der Waals surface area (Å²) in [6.07, 6.45) is -1.35. The Bertz CT molecular complexity index is 1050. The molecular weight excluding hydrogens is 438 g/mol. The number of amides is 1. The fourth-order valence-corrected chi connectivity index (χ4v) is 4.31. The molecule has 180 valence electrons. The van der Waals surface area contributed by atoms with E-state index in [2.05, 4.69) is 0 Å². The molecule has 8 heteroatoms. The summed E-state index contributed by atoms with van der Waals surface area (Å²) in [4.78, 5) is 52.8. The van der Waals surface area contributed by atoms with Gasteiger partial charge in [-0.25, -0.2) is 9.59 Å². The number of hydrogen-bond acceptors (Lipinski definition) is 6. The van der Waals surface area contributed by atoms with Crippen LogP contribution in [-0.4, -0.2) is 46.4 Å². The van der Waals surface area contributed by atoms with Gasteiger partial charge in [-0.15, -0.1) is 0 Å². The van der Waals surface area contributed by atoms with E-state index in [1.54, 1.807) is 69.3 Å². The lowest BCUT2D eigenvalue weighted by atomic mass is 9.58. The first-order valence-corrected chi connectivity index (χ1v) is 11.0. The number of likely N-dealkylation sites (tertiary alicyclic amines) is 1. The fraction of sp³-hybridized carbons (Fsp3) is 0.385. The minimum atomic E-state index is -1.90. The third kappa shape index (κ3) is 5.11. The van der Waals surface area contributed by atoms with Crippen LogP contribution in [0.3, 0.4) is 0 Å². The van der Waals surface area contributed by atoms with Gasteiger partial charge in [0.1, 0.15) is 18.6 Å². The zero-order valence-electron chi connectivity index (χ0n) is 19.5. The van der Waals surface area contributed by atoms with E-state index in [-0.39, 0.29) is 13.2 Å². The van der Waals surface area contributed by atoms with Gasteiger partial charge in [0, 0.05) is 6.42 Å². The van der Waals surface area contributed by atoms with Crippen LogP contribution in [0.5, 0.6) is 0 Å². The van der Waals surface area contributed by atoms with Crippen LogP contribution in [0.15, 0.2) is 60.7 Å². The number of carboxylic acids is 1. The first kappa shape index (κ1) is 25.0. The van der Waals surface area contributed by atoms with Crippen LogP contribution < -0.4 is 0 Å². The minimum Gasteiger partial charge on any atom is -0.481 e. The summed E-state index contributed by atoms with van der Waals surface area (Å²) >= 11 is 0. The first-order chi connectivity index (χ1) is 16.1. The lowest BCUT2D eigenvalue weighted by Crippen LogP contribution is -2.67. The molecule has 2 aromatic carbocycles. The van der Waals surface area contributed by atoms with Crippen LogP contribution in [0.2, 0.25) is 0 Å². The maximum Gasteiger partial charge on any atom is 0.411 e. The third-order valence-corrected chi connectivity index (χ3v) is 6.21. The molecule has 0 unspecified atom stereocenters. The molecule has 2 atom stereocenters. The molecule has 1 fully saturated rings. The lowest BCUT2D eigenvalue weighted by Gasteiger charge is -2.50. The summed E-state index contributed by atoms with van der Waals surface area (Å²) in [6.45, 7) is 4.26.